The molecule has 0 fully saturated rings. The van der Waals surface area contributed by atoms with Crippen molar-refractivity contribution >= 4 is 12.2 Å². The van der Waals surface area contributed by atoms with Crippen LogP contribution in [-0.2, 0) is 4.74 Å². The summed E-state index contributed by atoms with van der Waals surface area (Å²) < 4.78 is 4.95. The predicted molar refractivity (Wildman–Crippen MR) is 76.3 cm³/mol. The second kappa shape index (κ2) is 7.65. The molecule has 1 N–H and O–H groups in total. The second-order valence-corrected chi connectivity index (χ2v) is 4.79. The maximum absolute atomic E-state index is 12.3. The Balaban J connectivity index is 2.81. The van der Waals surface area contributed by atoms with Gasteiger partial charge in [0.25, 0.3) is 5.91 Å². The molecule has 0 bridgehead atoms. The van der Waals surface area contributed by atoms with Gasteiger partial charge in [-0.3, -0.25) is 9.59 Å². The van der Waals surface area contributed by atoms with Crippen LogP contribution in [-0.4, -0.2) is 49.5 Å². The number of phenols is 1. The lowest BCUT2D eigenvalue weighted by atomic mass is 10.0. The lowest BCUT2D eigenvalue weighted by molar-refractivity contribution is 0.0785. The number of aromatic hydroxyl groups is 1. The average molecular weight is 279 g/mol. The molecule has 0 aliphatic rings. The van der Waals surface area contributed by atoms with Crippen molar-refractivity contribution in [2.45, 2.75) is 19.8 Å². The molecule has 1 aromatic rings. The van der Waals surface area contributed by atoms with Gasteiger partial charge in [-0.2, -0.15) is 0 Å². The number of nitrogens with zero attached hydrogens (tertiary/aromatic N) is 1. The molecule has 20 heavy (non-hydrogen) atoms. The van der Waals surface area contributed by atoms with Gasteiger partial charge in [-0.1, -0.05) is 0 Å². The van der Waals surface area contributed by atoms with Crippen LogP contribution in [0.2, 0.25) is 0 Å². The Hall–Kier alpha value is -1.88. The van der Waals surface area contributed by atoms with Crippen molar-refractivity contribution in [3.05, 3.63) is 28.8 Å². The SMILES string of the molecule is COCCCCN(C)C(=O)c1cc(C)cc(C=O)c1O. The first-order valence-corrected chi connectivity index (χ1v) is 6.54. The molecule has 110 valence electrons. The quantitative estimate of drug-likeness (QED) is 0.612. The zero-order valence-electron chi connectivity index (χ0n) is 12.2. The molecule has 0 heterocycles. The standard InChI is InChI=1S/C15H21NO4/c1-11-8-12(10-17)14(18)13(9-11)15(19)16(2)6-4-5-7-20-3/h8-10,18H,4-7H2,1-3H3. The topological polar surface area (TPSA) is 66.8 Å². The summed E-state index contributed by atoms with van der Waals surface area (Å²) in [7, 11) is 3.32. The lowest BCUT2D eigenvalue weighted by Gasteiger charge is -2.18. The number of rotatable bonds is 7. The molecule has 1 rings (SSSR count). The smallest absolute Gasteiger partial charge is 0.257 e. The molecule has 0 saturated carbocycles. The highest BCUT2D eigenvalue weighted by atomic mass is 16.5. The van der Waals surface area contributed by atoms with Crippen molar-refractivity contribution in [1.29, 1.82) is 0 Å². The molecule has 0 aliphatic carbocycles. The Bertz CT molecular complexity index is 485. The molecule has 0 unspecified atom stereocenters. The highest BCUT2D eigenvalue weighted by molar-refractivity contribution is 5.99. The maximum Gasteiger partial charge on any atom is 0.257 e. The Kier molecular flexibility index (Phi) is 6.18. The lowest BCUT2D eigenvalue weighted by Crippen LogP contribution is -2.28. The first-order chi connectivity index (χ1) is 9.51. The second-order valence-electron chi connectivity index (χ2n) is 4.79. The van der Waals surface area contributed by atoms with Gasteiger partial charge in [0.05, 0.1) is 11.1 Å². The molecule has 0 spiro atoms. The number of aryl methyl sites for hydroxylation is 1. The minimum Gasteiger partial charge on any atom is -0.506 e. The Morgan fingerprint density at radius 3 is 2.70 bits per heavy atom. The summed E-state index contributed by atoms with van der Waals surface area (Å²) in [5.74, 6) is -0.536. The molecule has 0 atom stereocenters. The number of methoxy groups -OCH3 is 1. The van der Waals surface area contributed by atoms with Gasteiger partial charge < -0.3 is 14.7 Å². The van der Waals surface area contributed by atoms with E-state index in [1.54, 1.807) is 38.1 Å². The summed E-state index contributed by atoms with van der Waals surface area (Å²) in [6.45, 7) is 3.01. The Morgan fingerprint density at radius 2 is 2.10 bits per heavy atom. The molecule has 0 aliphatic heterocycles. The minimum absolute atomic E-state index is 0.140. The molecular formula is C15H21NO4. The molecule has 5 heteroatoms. The van der Waals surface area contributed by atoms with E-state index in [9.17, 15) is 14.7 Å². The highest BCUT2D eigenvalue weighted by Gasteiger charge is 2.18. The fourth-order valence-corrected chi connectivity index (χ4v) is 1.96. The number of ether oxygens (including phenoxy) is 1. The van der Waals surface area contributed by atoms with Crippen molar-refractivity contribution in [2.24, 2.45) is 0 Å². The van der Waals surface area contributed by atoms with Crippen molar-refractivity contribution < 1.29 is 19.4 Å². The number of hydrogen-bond donors (Lipinski definition) is 1. The van der Waals surface area contributed by atoms with Crippen LogP contribution in [0.1, 0.15) is 39.1 Å². The number of carbonyl (C=O) groups is 2. The predicted octanol–water partition coefficient (Wildman–Crippen LogP) is 2.01. The Labute approximate surface area is 119 Å². The van der Waals surface area contributed by atoms with Crippen LogP contribution in [0.3, 0.4) is 0 Å². The van der Waals surface area contributed by atoms with E-state index in [1.807, 2.05) is 0 Å². The van der Waals surface area contributed by atoms with Crippen LogP contribution in [0.4, 0.5) is 0 Å². The van der Waals surface area contributed by atoms with Crippen LogP contribution in [0.5, 0.6) is 5.75 Å². The van der Waals surface area contributed by atoms with Gasteiger partial charge in [0.2, 0.25) is 0 Å². The number of unbranched alkanes of at least 4 members (excludes halogenated alkanes) is 1. The van der Waals surface area contributed by atoms with Gasteiger partial charge in [-0.25, -0.2) is 0 Å². The highest BCUT2D eigenvalue weighted by Crippen LogP contribution is 2.24. The van der Waals surface area contributed by atoms with Crippen molar-refractivity contribution in [3.63, 3.8) is 0 Å². The van der Waals surface area contributed by atoms with Gasteiger partial charge in [0.1, 0.15) is 5.75 Å². The third-order valence-electron chi connectivity index (χ3n) is 3.08. The van der Waals surface area contributed by atoms with Crippen molar-refractivity contribution in [2.75, 3.05) is 27.3 Å². The Morgan fingerprint density at radius 1 is 1.40 bits per heavy atom. The largest absolute Gasteiger partial charge is 0.506 e. The van der Waals surface area contributed by atoms with E-state index in [-0.39, 0.29) is 22.8 Å². The van der Waals surface area contributed by atoms with Gasteiger partial charge >= 0.3 is 0 Å². The average Bonchev–Trinajstić information content (AvgIpc) is 2.44. The zero-order valence-corrected chi connectivity index (χ0v) is 12.2. The van der Waals surface area contributed by atoms with Crippen LogP contribution < -0.4 is 0 Å². The molecule has 5 nitrogen and oxygen atoms in total. The van der Waals surface area contributed by atoms with Gasteiger partial charge in [-0.05, 0) is 37.5 Å². The van der Waals surface area contributed by atoms with Crippen LogP contribution in [0.15, 0.2) is 12.1 Å². The van der Waals surface area contributed by atoms with E-state index in [0.717, 1.165) is 18.4 Å². The minimum atomic E-state index is -0.285. The number of benzene rings is 1. The van der Waals surface area contributed by atoms with Gasteiger partial charge in [-0.15, -0.1) is 0 Å². The van der Waals surface area contributed by atoms with E-state index >= 15 is 0 Å². The van der Waals surface area contributed by atoms with E-state index in [4.69, 9.17) is 4.74 Å². The fraction of sp³-hybridized carbons (Fsp3) is 0.467. The fourth-order valence-electron chi connectivity index (χ4n) is 1.96. The summed E-state index contributed by atoms with van der Waals surface area (Å²) in [5, 5.41) is 9.94. The summed E-state index contributed by atoms with van der Waals surface area (Å²) in [5.41, 5.74) is 1.07. The normalized spacial score (nSPS) is 10.3. The first kappa shape index (κ1) is 16.2. The van der Waals surface area contributed by atoms with E-state index < -0.39 is 0 Å². The molecular weight excluding hydrogens is 258 g/mol. The molecule has 1 aromatic carbocycles. The first-order valence-electron chi connectivity index (χ1n) is 6.54. The number of aldehydes is 1. The summed E-state index contributed by atoms with van der Waals surface area (Å²) in [4.78, 5) is 24.7. The van der Waals surface area contributed by atoms with E-state index in [2.05, 4.69) is 0 Å². The monoisotopic (exact) mass is 279 g/mol. The zero-order chi connectivity index (χ0) is 15.1. The summed E-state index contributed by atoms with van der Waals surface area (Å²) in [6.07, 6.45) is 2.24. The van der Waals surface area contributed by atoms with E-state index in [0.29, 0.717) is 19.4 Å². The van der Waals surface area contributed by atoms with Gasteiger partial charge in [0.15, 0.2) is 6.29 Å². The summed E-state index contributed by atoms with van der Waals surface area (Å²) >= 11 is 0. The molecule has 0 saturated heterocycles. The molecule has 0 radical (unpaired) electrons. The summed E-state index contributed by atoms with van der Waals surface area (Å²) in [6, 6.07) is 3.15. The van der Waals surface area contributed by atoms with Crippen LogP contribution >= 0.6 is 0 Å². The van der Waals surface area contributed by atoms with Crippen LogP contribution in [0, 0.1) is 6.92 Å². The van der Waals surface area contributed by atoms with Crippen molar-refractivity contribution in [3.8, 4) is 5.75 Å². The number of hydrogen-bond acceptors (Lipinski definition) is 4. The van der Waals surface area contributed by atoms with Gasteiger partial charge in [0, 0.05) is 27.3 Å². The number of phenolic OH excluding ortho intramolecular Hbond substituents is 1. The van der Waals surface area contributed by atoms with Crippen molar-refractivity contribution in [1.82, 2.24) is 4.90 Å². The third-order valence-corrected chi connectivity index (χ3v) is 3.08. The number of amides is 1. The maximum atomic E-state index is 12.3. The van der Waals surface area contributed by atoms with E-state index in [1.165, 1.54) is 0 Å². The van der Waals surface area contributed by atoms with Crippen LogP contribution in [0.25, 0.3) is 0 Å². The molecule has 0 aromatic heterocycles. The third kappa shape index (κ3) is 4.06. The number of carbonyl (C=O) groups excluding carboxylic acids is 2. The molecule has 1 amide bonds.